The molecule has 0 aliphatic rings. The van der Waals surface area contributed by atoms with Gasteiger partial charge in [0.1, 0.15) is 10.5 Å². The summed E-state index contributed by atoms with van der Waals surface area (Å²) in [5, 5.41) is 9.77. The van der Waals surface area contributed by atoms with E-state index in [1.165, 1.54) is 51.4 Å². The van der Waals surface area contributed by atoms with E-state index >= 15 is 0 Å². The maximum atomic E-state index is 11.9. The van der Waals surface area contributed by atoms with Gasteiger partial charge in [-0.2, -0.15) is 0 Å². The van der Waals surface area contributed by atoms with Crippen molar-refractivity contribution in [3.05, 3.63) is 0 Å². The van der Waals surface area contributed by atoms with Crippen LogP contribution in [0.3, 0.4) is 0 Å². The Balaban J connectivity index is 4.50. The van der Waals surface area contributed by atoms with Crippen molar-refractivity contribution >= 4 is 16.5 Å². The van der Waals surface area contributed by atoms with Gasteiger partial charge in [-0.15, -0.1) is 0 Å². The highest BCUT2D eigenvalue weighted by atomic mass is 28.2. The highest BCUT2D eigenvalue weighted by molar-refractivity contribution is 6.00. The second kappa shape index (κ2) is 10.6. The Morgan fingerprint density at radius 2 is 1.29 bits per heavy atom. The van der Waals surface area contributed by atoms with Crippen LogP contribution in [-0.2, 0) is 9.22 Å². The third-order valence-electron chi connectivity index (χ3n) is 6.30. The first-order valence-electron chi connectivity index (χ1n) is 9.85. The number of hydrogen-bond donors (Lipinski definition) is 1. The normalized spacial score (nSPS) is 17.4. The lowest BCUT2D eigenvalue weighted by Gasteiger charge is -2.51. The molecule has 0 aliphatic heterocycles. The molecule has 0 saturated heterocycles. The zero-order valence-electron chi connectivity index (χ0n) is 17.3. The molecule has 2 atom stereocenters. The summed E-state index contributed by atoms with van der Waals surface area (Å²) in [7, 11) is 0.440. The van der Waals surface area contributed by atoms with Gasteiger partial charge in [0.15, 0.2) is 5.60 Å². The molecule has 0 bridgehead atoms. The van der Waals surface area contributed by atoms with Crippen molar-refractivity contribution in [3.63, 3.8) is 0 Å². The Kier molecular flexibility index (Phi) is 10.4. The third kappa shape index (κ3) is 6.18. The van der Waals surface area contributed by atoms with Crippen LogP contribution in [0.5, 0.6) is 0 Å². The summed E-state index contributed by atoms with van der Waals surface area (Å²) in [6.07, 6.45) is 12.5. The van der Waals surface area contributed by atoms with E-state index < -0.39 is 11.6 Å². The van der Waals surface area contributed by atoms with Crippen molar-refractivity contribution in [2.45, 2.75) is 111 Å². The quantitative estimate of drug-likeness (QED) is 0.368. The maximum absolute atomic E-state index is 11.9. The van der Waals surface area contributed by atoms with Crippen LogP contribution >= 0.6 is 0 Å². The molecule has 0 aliphatic carbocycles. The smallest absolute Gasteiger partial charge is 0.335 e. The number of carboxylic acids is 1. The Hall–Kier alpha value is -0.353. The molecule has 24 heavy (non-hydrogen) atoms. The molecule has 0 aromatic rings. The molecule has 0 fully saturated rings. The molecular formula is C20H42O3Si. The molecule has 3 nitrogen and oxygen atoms in total. The monoisotopic (exact) mass is 358 g/mol. The Labute approximate surface area is 153 Å². The van der Waals surface area contributed by atoms with Gasteiger partial charge in [0, 0.05) is 5.41 Å². The van der Waals surface area contributed by atoms with Crippen LogP contribution in [0.1, 0.15) is 106 Å². The molecule has 4 heteroatoms. The van der Waals surface area contributed by atoms with Gasteiger partial charge >= 0.3 is 5.97 Å². The van der Waals surface area contributed by atoms with E-state index in [4.69, 9.17) is 4.43 Å². The lowest BCUT2D eigenvalue weighted by molar-refractivity contribution is -0.177. The van der Waals surface area contributed by atoms with Gasteiger partial charge in [0.25, 0.3) is 0 Å². The first kappa shape index (κ1) is 23.6. The largest absolute Gasteiger partial charge is 0.479 e. The number of hydrogen-bond acceptors (Lipinski definition) is 2. The van der Waals surface area contributed by atoms with Crippen LogP contribution in [0.4, 0.5) is 0 Å². The zero-order valence-corrected chi connectivity index (χ0v) is 19.3. The van der Waals surface area contributed by atoms with Gasteiger partial charge < -0.3 is 9.53 Å². The van der Waals surface area contributed by atoms with Crippen LogP contribution in [-0.4, -0.2) is 27.2 Å². The van der Waals surface area contributed by atoms with Crippen LogP contribution in [0, 0.1) is 10.8 Å². The van der Waals surface area contributed by atoms with Crippen molar-refractivity contribution in [2.75, 3.05) is 0 Å². The van der Waals surface area contributed by atoms with E-state index in [9.17, 15) is 9.90 Å². The topological polar surface area (TPSA) is 46.5 Å². The van der Waals surface area contributed by atoms with Gasteiger partial charge in [0.2, 0.25) is 0 Å². The average Bonchev–Trinajstić information content (AvgIpc) is 2.50. The molecule has 0 amide bonds. The molecule has 1 N–H and O–H groups in total. The lowest BCUT2D eigenvalue weighted by atomic mass is 9.57. The highest BCUT2D eigenvalue weighted by Gasteiger charge is 2.55. The first-order valence-corrected chi connectivity index (χ1v) is 10.7. The summed E-state index contributed by atoms with van der Waals surface area (Å²) in [4.78, 5) is 11.9. The van der Waals surface area contributed by atoms with E-state index in [2.05, 4.69) is 34.6 Å². The van der Waals surface area contributed by atoms with E-state index in [0.29, 0.717) is 10.5 Å². The molecule has 144 valence electrons. The van der Waals surface area contributed by atoms with Gasteiger partial charge in [-0.25, -0.2) is 4.79 Å². The summed E-state index contributed by atoms with van der Waals surface area (Å²) in [6, 6.07) is 0. The zero-order chi connectivity index (χ0) is 18.9. The van der Waals surface area contributed by atoms with Crippen molar-refractivity contribution in [1.29, 1.82) is 0 Å². The number of unbranched alkanes of at least 4 members (excludes halogenated alkanes) is 8. The summed E-state index contributed by atoms with van der Waals surface area (Å²) in [6.45, 7) is 12.5. The van der Waals surface area contributed by atoms with Crippen LogP contribution in [0.15, 0.2) is 0 Å². The van der Waals surface area contributed by atoms with Gasteiger partial charge in [-0.05, 0) is 18.8 Å². The van der Waals surface area contributed by atoms with Crippen molar-refractivity contribution < 1.29 is 14.3 Å². The molecule has 0 radical (unpaired) electrons. The van der Waals surface area contributed by atoms with Gasteiger partial charge in [-0.1, -0.05) is 92.4 Å². The Morgan fingerprint density at radius 1 is 0.875 bits per heavy atom. The van der Waals surface area contributed by atoms with Gasteiger partial charge in [-0.3, -0.25) is 0 Å². The fraction of sp³-hybridized carbons (Fsp3) is 0.950. The van der Waals surface area contributed by atoms with E-state index in [1.807, 2.05) is 0 Å². The molecule has 0 heterocycles. The third-order valence-corrected chi connectivity index (χ3v) is 7.12. The highest BCUT2D eigenvalue weighted by Crippen LogP contribution is 2.51. The molecule has 0 saturated carbocycles. The predicted octanol–water partition coefficient (Wildman–Crippen LogP) is 5.10. The second-order valence-electron chi connectivity index (χ2n) is 8.70. The SMILES string of the molecule is CCCCCCCCCCCC(C)(C(C)(C)C)[C@@](C)(O[SiH3])C(=O)O. The van der Waals surface area contributed by atoms with E-state index in [1.54, 1.807) is 6.92 Å². The van der Waals surface area contributed by atoms with Crippen LogP contribution < -0.4 is 0 Å². The first-order chi connectivity index (χ1) is 11.1. The van der Waals surface area contributed by atoms with Gasteiger partial charge in [0.05, 0.1) is 0 Å². The molecule has 0 spiro atoms. The minimum Gasteiger partial charge on any atom is -0.479 e. The van der Waals surface area contributed by atoms with Crippen molar-refractivity contribution in [2.24, 2.45) is 10.8 Å². The number of carboxylic acid groups (broad SMARTS) is 1. The van der Waals surface area contributed by atoms with Crippen LogP contribution in [0.2, 0.25) is 0 Å². The Bertz CT molecular complexity index is 364. The fourth-order valence-corrected chi connectivity index (χ4v) is 4.29. The standard InChI is InChI=1S/C20H42O3Si/c1-7-8-9-10-11-12-13-14-15-16-19(5,18(2,3)4)20(6,23-24)17(21)22/h7-16H2,1-6,24H3,(H,21,22)/t19?,20-/m0/s1. The lowest BCUT2D eigenvalue weighted by Crippen LogP contribution is -2.58. The minimum atomic E-state index is -1.10. The predicted molar refractivity (Wildman–Crippen MR) is 106 cm³/mol. The second-order valence-corrected chi connectivity index (χ2v) is 9.11. The summed E-state index contributed by atoms with van der Waals surface area (Å²) >= 11 is 0. The molecule has 0 rings (SSSR count). The minimum absolute atomic E-state index is 0.120. The molecule has 1 unspecified atom stereocenters. The number of aliphatic carboxylic acids is 1. The maximum Gasteiger partial charge on any atom is 0.335 e. The van der Waals surface area contributed by atoms with Crippen molar-refractivity contribution in [3.8, 4) is 0 Å². The number of rotatable bonds is 13. The summed E-state index contributed by atoms with van der Waals surface area (Å²) in [5.74, 6) is -0.828. The molecule has 0 aromatic heterocycles. The average molecular weight is 359 g/mol. The van der Waals surface area contributed by atoms with E-state index in [0.717, 1.165) is 12.8 Å². The number of carbonyl (C=O) groups is 1. The molecular weight excluding hydrogens is 316 g/mol. The van der Waals surface area contributed by atoms with E-state index in [-0.39, 0.29) is 10.8 Å². The molecule has 0 aromatic carbocycles. The summed E-state index contributed by atoms with van der Waals surface area (Å²) in [5.41, 5.74) is -1.60. The van der Waals surface area contributed by atoms with Crippen molar-refractivity contribution in [1.82, 2.24) is 0 Å². The van der Waals surface area contributed by atoms with Crippen LogP contribution in [0.25, 0.3) is 0 Å². The Morgan fingerprint density at radius 3 is 1.62 bits per heavy atom. The fourth-order valence-electron chi connectivity index (χ4n) is 3.67. The summed E-state index contributed by atoms with van der Waals surface area (Å²) < 4.78 is 5.66.